The van der Waals surface area contributed by atoms with Crippen LogP contribution < -0.4 is 15.5 Å². The predicted octanol–water partition coefficient (Wildman–Crippen LogP) is 2.56. The highest BCUT2D eigenvalue weighted by Gasteiger charge is 2.34. The number of fused-ring (bicyclic) bond motifs is 3. The van der Waals surface area contributed by atoms with Gasteiger partial charge < -0.3 is 20.3 Å². The van der Waals surface area contributed by atoms with Gasteiger partial charge in [0, 0.05) is 37.3 Å². The highest BCUT2D eigenvalue weighted by molar-refractivity contribution is 5.57. The summed E-state index contributed by atoms with van der Waals surface area (Å²) < 4.78 is 7.36. The van der Waals surface area contributed by atoms with E-state index >= 15 is 0 Å². The van der Waals surface area contributed by atoms with Crippen molar-refractivity contribution in [1.29, 1.82) is 0 Å². The average molecular weight is 400 g/mol. The molecule has 3 fully saturated rings. The lowest BCUT2D eigenvalue weighted by molar-refractivity contribution is 0.180. The number of nitrogens with zero attached hydrogens (tertiary/aromatic N) is 5. The fourth-order valence-electron chi connectivity index (χ4n) is 5.33. The molecular formula is C21H33N7O. The molecule has 2 N–H and O–H groups in total. The molecule has 8 heteroatoms. The van der Waals surface area contributed by atoms with Crippen molar-refractivity contribution in [2.45, 2.75) is 82.5 Å². The normalized spacial score (nSPS) is 29.3. The van der Waals surface area contributed by atoms with E-state index in [0.29, 0.717) is 36.7 Å². The van der Waals surface area contributed by atoms with E-state index in [4.69, 9.17) is 14.7 Å². The van der Waals surface area contributed by atoms with Gasteiger partial charge in [-0.05, 0) is 44.4 Å². The van der Waals surface area contributed by atoms with Gasteiger partial charge in [-0.1, -0.05) is 13.8 Å². The molecule has 0 radical (unpaired) electrons. The third kappa shape index (κ3) is 3.57. The van der Waals surface area contributed by atoms with E-state index in [9.17, 15) is 0 Å². The molecule has 29 heavy (non-hydrogen) atoms. The van der Waals surface area contributed by atoms with Crippen LogP contribution in [0.5, 0.6) is 0 Å². The second-order valence-corrected chi connectivity index (χ2v) is 9.23. The van der Waals surface area contributed by atoms with Gasteiger partial charge in [-0.2, -0.15) is 19.6 Å². The van der Waals surface area contributed by atoms with Crippen LogP contribution >= 0.6 is 0 Å². The Morgan fingerprint density at radius 1 is 1.21 bits per heavy atom. The molecule has 0 aromatic carbocycles. The van der Waals surface area contributed by atoms with Crippen LogP contribution in [-0.4, -0.2) is 64.0 Å². The minimum absolute atomic E-state index is 0.343. The van der Waals surface area contributed by atoms with Gasteiger partial charge in [0.05, 0.1) is 18.8 Å². The van der Waals surface area contributed by atoms with Crippen molar-refractivity contribution >= 4 is 17.5 Å². The molecule has 3 saturated heterocycles. The van der Waals surface area contributed by atoms with E-state index in [0.717, 1.165) is 49.8 Å². The van der Waals surface area contributed by atoms with Crippen molar-refractivity contribution in [1.82, 2.24) is 24.9 Å². The van der Waals surface area contributed by atoms with E-state index in [-0.39, 0.29) is 0 Å². The number of ether oxygens (including phenoxy) is 1. The Bertz CT molecular complexity index is 854. The van der Waals surface area contributed by atoms with Gasteiger partial charge >= 0.3 is 0 Å². The van der Waals surface area contributed by atoms with Crippen molar-refractivity contribution in [3.8, 4) is 0 Å². The fraction of sp³-hybridized carbons (Fsp3) is 0.762. The Labute approximate surface area is 172 Å². The van der Waals surface area contributed by atoms with Crippen LogP contribution in [0.1, 0.15) is 63.9 Å². The molecule has 3 aliphatic heterocycles. The number of piperidine rings is 1. The fourth-order valence-corrected chi connectivity index (χ4v) is 5.33. The molecule has 5 heterocycles. The molecule has 0 aliphatic carbocycles. The van der Waals surface area contributed by atoms with Gasteiger partial charge in [-0.25, -0.2) is 0 Å². The molecule has 3 aliphatic rings. The van der Waals surface area contributed by atoms with Crippen LogP contribution in [0.15, 0.2) is 6.20 Å². The molecule has 0 amide bonds. The van der Waals surface area contributed by atoms with Crippen LogP contribution in [0, 0.1) is 0 Å². The number of methoxy groups -OCH3 is 1. The summed E-state index contributed by atoms with van der Waals surface area (Å²) in [5.41, 5.74) is 2.09. The third-order valence-electron chi connectivity index (χ3n) is 6.80. The summed E-state index contributed by atoms with van der Waals surface area (Å²) in [5, 5.41) is 12.1. The van der Waals surface area contributed by atoms with Gasteiger partial charge in [0.2, 0.25) is 11.9 Å². The van der Waals surface area contributed by atoms with E-state index in [1.165, 1.54) is 18.4 Å². The second-order valence-electron chi connectivity index (χ2n) is 9.23. The average Bonchev–Trinajstić information content (AvgIpc) is 3.40. The van der Waals surface area contributed by atoms with Gasteiger partial charge in [0.1, 0.15) is 0 Å². The molecule has 158 valence electrons. The van der Waals surface area contributed by atoms with E-state index < -0.39 is 0 Å². The van der Waals surface area contributed by atoms with Gasteiger partial charge in [-0.15, -0.1) is 0 Å². The van der Waals surface area contributed by atoms with Crippen molar-refractivity contribution < 1.29 is 4.74 Å². The van der Waals surface area contributed by atoms with Crippen LogP contribution in [0.2, 0.25) is 0 Å². The van der Waals surface area contributed by atoms with Gasteiger partial charge in [0.15, 0.2) is 5.65 Å². The summed E-state index contributed by atoms with van der Waals surface area (Å²) in [6.45, 7) is 6.08. The Balaban J connectivity index is 1.51. The molecule has 8 nitrogen and oxygen atoms in total. The number of aromatic nitrogens is 4. The number of nitrogens with one attached hydrogen (secondary N) is 2. The minimum Gasteiger partial charge on any atom is -0.383 e. The minimum atomic E-state index is 0.343. The summed E-state index contributed by atoms with van der Waals surface area (Å²) in [6.07, 6.45) is 9.10. The largest absolute Gasteiger partial charge is 0.383 e. The summed E-state index contributed by atoms with van der Waals surface area (Å²) >= 11 is 0. The van der Waals surface area contributed by atoms with E-state index in [2.05, 4.69) is 34.5 Å². The maximum Gasteiger partial charge on any atom is 0.231 e. The van der Waals surface area contributed by atoms with Crippen molar-refractivity contribution in [2.75, 3.05) is 30.5 Å². The first-order valence-electron chi connectivity index (χ1n) is 11.2. The lowest BCUT2D eigenvalue weighted by Crippen LogP contribution is -2.43. The Kier molecular flexibility index (Phi) is 5.07. The topological polar surface area (TPSA) is 79.6 Å². The van der Waals surface area contributed by atoms with Crippen LogP contribution in [0.3, 0.4) is 0 Å². The summed E-state index contributed by atoms with van der Waals surface area (Å²) in [4.78, 5) is 12.3. The summed E-state index contributed by atoms with van der Waals surface area (Å²) in [6, 6.07) is 2.04. The van der Waals surface area contributed by atoms with E-state index in [1.54, 1.807) is 7.11 Å². The standard InChI is InChI=1S/C21H33N7O/c1-13(2)18-11-22-28-19(18)25-20(27-8-4-5-17(27)12-29-3)26-21(28)24-16-9-14-6-7-15(10-16)23-14/h11,13-17,23H,4-10,12H2,1-3H3,(H,24,25,26)/t14?,15?,16?,17-/m0/s1. The number of hydrogen-bond acceptors (Lipinski definition) is 7. The molecule has 3 atom stereocenters. The Hall–Kier alpha value is -1.93. The molecular weight excluding hydrogens is 366 g/mol. The zero-order valence-electron chi connectivity index (χ0n) is 17.8. The molecule has 0 spiro atoms. The number of hydrogen-bond donors (Lipinski definition) is 2. The van der Waals surface area contributed by atoms with Crippen LogP contribution in [-0.2, 0) is 4.74 Å². The SMILES string of the molecule is COC[C@@H]1CCCN1c1nc(NC2CC3CCC(C2)N3)n2ncc(C(C)C)c2n1. The molecule has 0 saturated carbocycles. The van der Waals surface area contributed by atoms with Crippen molar-refractivity contribution in [3.63, 3.8) is 0 Å². The monoisotopic (exact) mass is 399 g/mol. The second kappa shape index (κ2) is 7.72. The molecule has 2 bridgehead atoms. The molecule has 2 aromatic rings. The first-order valence-corrected chi connectivity index (χ1v) is 11.2. The Morgan fingerprint density at radius 3 is 2.72 bits per heavy atom. The highest BCUT2D eigenvalue weighted by atomic mass is 16.5. The first-order chi connectivity index (χ1) is 14.1. The lowest BCUT2D eigenvalue weighted by Gasteiger charge is -2.30. The zero-order valence-corrected chi connectivity index (χ0v) is 17.8. The van der Waals surface area contributed by atoms with Crippen LogP contribution in [0.4, 0.5) is 11.9 Å². The summed E-state index contributed by atoms with van der Waals surface area (Å²) in [7, 11) is 1.77. The number of rotatable bonds is 6. The zero-order chi connectivity index (χ0) is 20.0. The summed E-state index contributed by atoms with van der Waals surface area (Å²) in [5.74, 6) is 2.00. The van der Waals surface area contributed by atoms with Gasteiger partial charge in [-0.3, -0.25) is 0 Å². The lowest BCUT2D eigenvalue weighted by atomic mass is 10.0. The van der Waals surface area contributed by atoms with Crippen molar-refractivity contribution in [2.24, 2.45) is 0 Å². The Morgan fingerprint density at radius 2 is 2.00 bits per heavy atom. The van der Waals surface area contributed by atoms with Crippen LogP contribution in [0.25, 0.3) is 5.65 Å². The number of anilines is 2. The van der Waals surface area contributed by atoms with Gasteiger partial charge in [0.25, 0.3) is 0 Å². The smallest absolute Gasteiger partial charge is 0.231 e. The molecule has 5 rings (SSSR count). The highest BCUT2D eigenvalue weighted by Crippen LogP contribution is 2.31. The molecule has 2 unspecified atom stereocenters. The first kappa shape index (κ1) is 19.1. The predicted molar refractivity (Wildman–Crippen MR) is 114 cm³/mol. The van der Waals surface area contributed by atoms with Crippen molar-refractivity contribution in [3.05, 3.63) is 11.8 Å². The third-order valence-corrected chi connectivity index (χ3v) is 6.80. The maximum absolute atomic E-state index is 5.46. The quantitative estimate of drug-likeness (QED) is 0.773. The van der Waals surface area contributed by atoms with E-state index in [1.807, 2.05) is 10.7 Å². The maximum atomic E-state index is 5.46. The molecule has 2 aromatic heterocycles.